The maximum absolute atomic E-state index is 13.1. The molecule has 0 unspecified atom stereocenters. The number of esters is 1. The lowest BCUT2D eigenvalue weighted by Crippen LogP contribution is -2.54. The third-order valence-corrected chi connectivity index (χ3v) is 6.29. The summed E-state index contributed by atoms with van der Waals surface area (Å²) < 4.78 is 5.19. The molecule has 8 nitrogen and oxygen atoms in total. The van der Waals surface area contributed by atoms with Crippen molar-refractivity contribution in [3.8, 4) is 0 Å². The maximum Gasteiger partial charge on any atom is 0.327 e. The molecule has 1 heterocycles. The number of nitrogens with one attached hydrogen (secondary N) is 2. The Morgan fingerprint density at radius 2 is 1.90 bits per heavy atom. The van der Waals surface area contributed by atoms with Gasteiger partial charge < -0.3 is 15.4 Å². The summed E-state index contributed by atoms with van der Waals surface area (Å²) >= 11 is 0. The first-order valence-corrected chi connectivity index (χ1v) is 10.7. The molecule has 162 valence electrons. The lowest BCUT2D eigenvalue weighted by molar-refractivity contribution is -0.157. The van der Waals surface area contributed by atoms with E-state index in [2.05, 4.69) is 31.4 Å². The molecular formula is C21H33N3O5. The topological polar surface area (TPSA) is 105 Å². The molecule has 2 aliphatic carbocycles. The molecule has 2 N–H and O–H groups in total. The molecule has 0 aromatic rings. The number of amides is 4. The maximum atomic E-state index is 13.1. The Hall–Kier alpha value is -2.12. The van der Waals surface area contributed by atoms with Crippen molar-refractivity contribution in [3.05, 3.63) is 0 Å². The molecule has 2 saturated carbocycles. The second-order valence-corrected chi connectivity index (χ2v) is 9.88. The van der Waals surface area contributed by atoms with E-state index < -0.39 is 30.2 Å². The first kappa shape index (κ1) is 21.6. The van der Waals surface area contributed by atoms with E-state index >= 15 is 0 Å². The van der Waals surface area contributed by atoms with Crippen LogP contribution in [0, 0.1) is 11.3 Å². The highest BCUT2D eigenvalue weighted by molar-refractivity contribution is 6.08. The van der Waals surface area contributed by atoms with Crippen LogP contribution in [0.2, 0.25) is 0 Å². The molecule has 0 radical (unpaired) electrons. The van der Waals surface area contributed by atoms with Crippen LogP contribution in [0.3, 0.4) is 0 Å². The van der Waals surface area contributed by atoms with Gasteiger partial charge in [0, 0.05) is 6.04 Å². The van der Waals surface area contributed by atoms with Crippen molar-refractivity contribution < 1.29 is 23.9 Å². The molecule has 3 fully saturated rings. The van der Waals surface area contributed by atoms with Gasteiger partial charge in [0.2, 0.25) is 0 Å². The number of hydrogen-bond donors (Lipinski definition) is 2. The van der Waals surface area contributed by atoms with Crippen LogP contribution in [0.25, 0.3) is 0 Å². The van der Waals surface area contributed by atoms with Crippen molar-refractivity contribution in [2.24, 2.45) is 11.3 Å². The lowest BCUT2D eigenvalue weighted by Gasteiger charge is -2.43. The van der Waals surface area contributed by atoms with E-state index in [0.717, 1.165) is 37.0 Å². The average molecular weight is 408 g/mol. The lowest BCUT2D eigenvalue weighted by atomic mass is 9.64. The normalized spacial score (nSPS) is 30.3. The quantitative estimate of drug-likeness (QED) is 0.536. The Labute approximate surface area is 172 Å². The fourth-order valence-electron chi connectivity index (χ4n) is 5.46. The van der Waals surface area contributed by atoms with E-state index in [1.54, 1.807) is 0 Å². The summed E-state index contributed by atoms with van der Waals surface area (Å²) in [5.74, 6) is -1.19. The van der Waals surface area contributed by atoms with Crippen molar-refractivity contribution in [2.45, 2.75) is 90.3 Å². The predicted molar refractivity (Wildman–Crippen MR) is 106 cm³/mol. The summed E-state index contributed by atoms with van der Waals surface area (Å²) in [6.07, 6.45) is 5.16. The molecule has 0 bridgehead atoms. The van der Waals surface area contributed by atoms with Crippen LogP contribution in [0.1, 0.15) is 72.6 Å². The van der Waals surface area contributed by atoms with Gasteiger partial charge in [-0.05, 0) is 50.4 Å². The minimum absolute atomic E-state index is 0.0794. The Morgan fingerprint density at radius 1 is 1.24 bits per heavy atom. The third kappa shape index (κ3) is 4.73. The van der Waals surface area contributed by atoms with E-state index in [4.69, 9.17) is 4.74 Å². The van der Waals surface area contributed by atoms with Gasteiger partial charge in [-0.3, -0.25) is 19.3 Å². The van der Waals surface area contributed by atoms with Crippen molar-refractivity contribution in [3.63, 3.8) is 0 Å². The van der Waals surface area contributed by atoms with Gasteiger partial charge in [-0.2, -0.15) is 0 Å². The van der Waals surface area contributed by atoms with Gasteiger partial charge in [0.05, 0.1) is 0 Å². The van der Waals surface area contributed by atoms with Crippen LogP contribution in [0.5, 0.6) is 0 Å². The van der Waals surface area contributed by atoms with Crippen LogP contribution in [0.15, 0.2) is 0 Å². The number of hydrogen-bond acceptors (Lipinski definition) is 5. The molecule has 4 amide bonds. The molecule has 3 atom stereocenters. The van der Waals surface area contributed by atoms with Crippen LogP contribution in [0.4, 0.5) is 4.79 Å². The summed E-state index contributed by atoms with van der Waals surface area (Å²) in [5.41, 5.74) is -1.03. The summed E-state index contributed by atoms with van der Waals surface area (Å²) in [7, 11) is 0. The van der Waals surface area contributed by atoms with Crippen LogP contribution in [-0.2, 0) is 19.1 Å². The fraction of sp³-hybridized carbons (Fsp3) is 0.810. The Kier molecular flexibility index (Phi) is 5.92. The highest BCUT2D eigenvalue weighted by Crippen LogP contribution is 2.46. The van der Waals surface area contributed by atoms with Gasteiger partial charge >= 0.3 is 12.0 Å². The summed E-state index contributed by atoms with van der Waals surface area (Å²) in [5, 5.41) is 5.71. The van der Waals surface area contributed by atoms with Gasteiger partial charge in [0.1, 0.15) is 12.1 Å². The largest absolute Gasteiger partial charge is 0.451 e. The molecule has 0 aromatic carbocycles. The van der Waals surface area contributed by atoms with Crippen LogP contribution >= 0.6 is 0 Å². The smallest absolute Gasteiger partial charge is 0.327 e. The molecule has 1 spiro atoms. The number of ether oxygens (including phenoxy) is 1. The first-order chi connectivity index (χ1) is 13.5. The number of imide groups is 1. The van der Waals surface area contributed by atoms with Crippen molar-refractivity contribution in [2.75, 3.05) is 6.54 Å². The number of carbonyl (C=O) groups is 4. The molecular weight excluding hydrogens is 374 g/mol. The van der Waals surface area contributed by atoms with Gasteiger partial charge in [-0.1, -0.05) is 33.6 Å². The summed E-state index contributed by atoms with van der Waals surface area (Å²) in [4.78, 5) is 51.0. The van der Waals surface area contributed by atoms with Gasteiger partial charge in [0.25, 0.3) is 11.8 Å². The van der Waals surface area contributed by atoms with E-state index in [1.165, 1.54) is 6.92 Å². The van der Waals surface area contributed by atoms with E-state index in [9.17, 15) is 19.2 Å². The SMILES string of the molecule is C[C@@H]1CC(C)(C)C[C@]2(C1)NC(=O)N(CC(=O)O[C@@H](C)C(=O)NC1CCCC1)C2=O. The Balaban J connectivity index is 1.58. The van der Waals surface area contributed by atoms with Gasteiger partial charge in [-0.15, -0.1) is 0 Å². The number of carbonyl (C=O) groups excluding carboxylic acids is 4. The molecule has 0 aromatic heterocycles. The highest BCUT2D eigenvalue weighted by atomic mass is 16.5. The standard InChI is InChI=1S/C21H33N3O5/c1-13-9-20(3,4)12-21(10-13)18(27)24(19(28)23-21)11-16(25)29-14(2)17(26)22-15-7-5-6-8-15/h13-15H,5-12H2,1-4H3,(H,22,26)(H,23,28)/t13-,14+,21+/m1/s1. The minimum atomic E-state index is -0.966. The van der Waals surface area contributed by atoms with E-state index in [1.807, 2.05) is 0 Å². The van der Waals surface area contributed by atoms with E-state index in [0.29, 0.717) is 12.8 Å². The van der Waals surface area contributed by atoms with Crippen LogP contribution < -0.4 is 10.6 Å². The Bertz CT molecular complexity index is 700. The Morgan fingerprint density at radius 3 is 2.52 bits per heavy atom. The van der Waals surface area contributed by atoms with Gasteiger partial charge in [0.15, 0.2) is 6.10 Å². The van der Waals surface area contributed by atoms with Gasteiger partial charge in [-0.25, -0.2) is 4.79 Å². The molecule has 1 aliphatic heterocycles. The number of nitrogens with zero attached hydrogens (tertiary/aromatic N) is 1. The average Bonchev–Trinajstić information content (AvgIpc) is 3.16. The summed E-state index contributed by atoms with van der Waals surface area (Å²) in [6, 6.07) is -0.439. The zero-order valence-electron chi connectivity index (χ0n) is 17.9. The molecule has 3 aliphatic rings. The zero-order valence-corrected chi connectivity index (χ0v) is 17.9. The van der Waals surface area contributed by atoms with E-state index in [-0.39, 0.29) is 29.2 Å². The fourth-order valence-corrected chi connectivity index (χ4v) is 5.46. The number of urea groups is 1. The van der Waals surface area contributed by atoms with Crippen molar-refractivity contribution in [1.29, 1.82) is 0 Å². The van der Waals surface area contributed by atoms with Crippen molar-refractivity contribution >= 4 is 23.8 Å². The predicted octanol–water partition coefficient (Wildman–Crippen LogP) is 2.11. The first-order valence-electron chi connectivity index (χ1n) is 10.7. The summed E-state index contributed by atoms with van der Waals surface area (Å²) in [6.45, 7) is 7.27. The second kappa shape index (κ2) is 7.95. The monoisotopic (exact) mass is 407 g/mol. The number of rotatable bonds is 5. The molecule has 1 saturated heterocycles. The highest BCUT2D eigenvalue weighted by Gasteiger charge is 2.56. The van der Waals surface area contributed by atoms with Crippen molar-refractivity contribution in [1.82, 2.24) is 15.5 Å². The molecule has 29 heavy (non-hydrogen) atoms. The minimum Gasteiger partial charge on any atom is -0.451 e. The zero-order chi connectivity index (χ0) is 21.4. The second-order valence-electron chi connectivity index (χ2n) is 9.88. The van der Waals surface area contributed by atoms with Crippen LogP contribution in [-0.4, -0.2) is 52.9 Å². The molecule has 3 rings (SSSR count). The molecule has 8 heteroatoms. The third-order valence-electron chi connectivity index (χ3n) is 6.29.